The van der Waals surface area contributed by atoms with Crippen LogP contribution in [0.5, 0.6) is 0 Å². The van der Waals surface area contributed by atoms with Crippen LogP contribution in [0.2, 0.25) is 0 Å². The largest absolute Gasteiger partial charge is 0.341 e. The fourth-order valence-electron chi connectivity index (χ4n) is 1.17. The Kier molecular flexibility index (Phi) is 5.30. The third kappa shape index (κ3) is 4.71. The molecule has 1 aromatic rings. The van der Waals surface area contributed by atoms with E-state index in [0.717, 1.165) is 17.8 Å². The van der Waals surface area contributed by atoms with E-state index in [9.17, 15) is 25.6 Å². The molecule has 0 saturated heterocycles. The molecule has 0 saturated carbocycles. The summed E-state index contributed by atoms with van der Waals surface area (Å²) in [6.45, 7) is 0. The molecule has 2 N–H and O–H groups in total. The van der Waals surface area contributed by atoms with Crippen LogP contribution < -0.4 is 5.14 Å². The minimum Gasteiger partial charge on any atom is -0.229 e. The van der Waals surface area contributed by atoms with Crippen molar-refractivity contribution in [2.45, 2.75) is 15.5 Å². The number of sulfone groups is 1. The molecule has 0 aliphatic carbocycles. The fraction of sp³-hybridized carbons (Fsp3) is 0.333. The van der Waals surface area contributed by atoms with Gasteiger partial charge in [0, 0.05) is 10.6 Å². The highest BCUT2D eigenvalue weighted by Crippen LogP contribution is 2.29. The highest BCUT2D eigenvalue weighted by atomic mass is 32.2. The van der Waals surface area contributed by atoms with Gasteiger partial charge in [0.05, 0.1) is 10.6 Å². The van der Waals surface area contributed by atoms with Gasteiger partial charge in [0.1, 0.15) is 0 Å². The minimum absolute atomic E-state index is 0.0192. The first-order valence-corrected chi connectivity index (χ1v) is 9.13. The molecule has 19 heavy (non-hydrogen) atoms. The molecule has 0 spiro atoms. The van der Waals surface area contributed by atoms with Crippen molar-refractivity contribution in [2.75, 3.05) is 11.5 Å². The summed E-state index contributed by atoms with van der Waals surface area (Å²) in [5.41, 5.74) is 0. The van der Waals surface area contributed by atoms with E-state index in [1.807, 2.05) is 0 Å². The maximum atomic E-state index is 12.5. The fourth-order valence-corrected chi connectivity index (χ4v) is 4.37. The van der Waals surface area contributed by atoms with Gasteiger partial charge in [-0.15, -0.1) is 11.8 Å². The molecular formula is C9H11F2NO4S3. The number of primary sulfonamides is 1. The van der Waals surface area contributed by atoms with Crippen LogP contribution in [0.25, 0.3) is 0 Å². The third-order valence-electron chi connectivity index (χ3n) is 2.02. The monoisotopic (exact) mass is 331 g/mol. The summed E-state index contributed by atoms with van der Waals surface area (Å²) in [4.78, 5) is -0.434. The standard InChI is InChI=1S/C9H11F2NO4S3/c10-9(11)19(15,16)8-4-2-1-3-7(8)17-5-6-18(12,13)14/h1-4,9H,5-6H2,(H2,12,13,14). The number of alkyl halides is 2. The van der Waals surface area contributed by atoms with E-state index in [1.165, 1.54) is 18.2 Å². The first kappa shape index (κ1) is 16.3. The smallest absolute Gasteiger partial charge is 0.229 e. The molecule has 10 heteroatoms. The number of rotatable bonds is 6. The van der Waals surface area contributed by atoms with Crippen molar-refractivity contribution < 1.29 is 25.6 Å². The van der Waals surface area contributed by atoms with Gasteiger partial charge in [-0.25, -0.2) is 22.0 Å². The Balaban J connectivity index is 2.98. The Morgan fingerprint density at radius 1 is 1.16 bits per heavy atom. The summed E-state index contributed by atoms with van der Waals surface area (Å²) in [6, 6.07) is 5.19. The second-order valence-electron chi connectivity index (χ2n) is 3.47. The predicted octanol–water partition coefficient (Wildman–Crippen LogP) is 1.06. The third-order valence-corrected chi connectivity index (χ3v) is 5.69. The van der Waals surface area contributed by atoms with Gasteiger partial charge < -0.3 is 0 Å². The summed E-state index contributed by atoms with van der Waals surface area (Å²) in [5, 5.41) is 4.79. The maximum absolute atomic E-state index is 12.5. The SMILES string of the molecule is NS(=O)(=O)CCSc1ccccc1S(=O)(=O)C(F)F. The van der Waals surface area contributed by atoms with Crippen molar-refractivity contribution in [2.24, 2.45) is 5.14 Å². The van der Waals surface area contributed by atoms with Crippen molar-refractivity contribution in [1.82, 2.24) is 0 Å². The number of nitrogens with two attached hydrogens (primary N) is 1. The van der Waals surface area contributed by atoms with Crippen LogP contribution in [-0.4, -0.2) is 34.1 Å². The van der Waals surface area contributed by atoms with Gasteiger partial charge in [0.25, 0.3) is 0 Å². The van der Waals surface area contributed by atoms with Gasteiger partial charge >= 0.3 is 5.76 Å². The molecule has 0 atom stereocenters. The molecule has 1 aromatic carbocycles. The highest BCUT2D eigenvalue weighted by Gasteiger charge is 2.28. The molecule has 108 valence electrons. The summed E-state index contributed by atoms with van der Waals surface area (Å²) in [6.07, 6.45) is 0. The first-order valence-electron chi connectivity index (χ1n) is 4.89. The Bertz CT molecular complexity index is 643. The van der Waals surface area contributed by atoms with Crippen LogP contribution in [0.1, 0.15) is 0 Å². The molecule has 0 fully saturated rings. The van der Waals surface area contributed by atoms with E-state index in [0.29, 0.717) is 0 Å². The lowest BCUT2D eigenvalue weighted by molar-refractivity contribution is 0.234. The van der Waals surface area contributed by atoms with Crippen LogP contribution in [0, 0.1) is 0 Å². The summed E-state index contributed by atoms with van der Waals surface area (Å²) in [7, 11) is -8.39. The molecule has 0 radical (unpaired) electrons. The molecule has 0 amide bonds. The molecule has 1 rings (SSSR count). The Hall–Kier alpha value is -0.710. The summed E-state index contributed by atoms with van der Waals surface area (Å²) >= 11 is 0.847. The van der Waals surface area contributed by atoms with Crippen molar-refractivity contribution in [3.05, 3.63) is 24.3 Å². The van der Waals surface area contributed by atoms with E-state index in [4.69, 9.17) is 5.14 Å². The van der Waals surface area contributed by atoms with Gasteiger partial charge in [0.2, 0.25) is 19.9 Å². The average molecular weight is 331 g/mol. The zero-order valence-corrected chi connectivity index (χ0v) is 11.9. The van der Waals surface area contributed by atoms with Gasteiger partial charge in [-0.2, -0.15) is 8.78 Å². The average Bonchev–Trinajstić information content (AvgIpc) is 2.27. The predicted molar refractivity (Wildman–Crippen MR) is 68.3 cm³/mol. The molecular weight excluding hydrogens is 320 g/mol. The molecule has 0 aliphatic heterocycles. The van der Waals surface area contributed by atoms with Gasteiger partial charge in [0.15, 0.2) is 0 Å². The number of hydrogen-bond donors (Lipinski definition) is 1. The second-order valence-corrected chi connectivity index (χ2v) is 8.22. The zero-order valence-electron chi connectivity index (χ0n) is 9.49. The van der Waals surface area contributed by atoms with Crippen LogP contribution in [-0.2, 0) is 19.9 Å². The Morgan fingerprint density at radius 3 is 2.26 bits per heavy atom. The maximum Gasteiger partial charge on any atom is 0.341 e. The van der Waals surface area contributed by atoms with E-state index in [2.05, 4.69) is 0 Å². The van der Waals surface area contributed by atoms with Crippen LogP contribution >= 0.6 is 11.8 Å². The lowest BCUT2D eigenvalue weighted by atomic mass is 10.4. The number of halogens is 2. The molecule has 0 bridgehead atoms. The topological polar surface area (TPSA) is 94.3 Å². The van der Waals surface area contributed by atoms with Crippen molar-refractivity contribution in [1.29, 1.82) is 0 Å². The first-order chi connectivity index (χ1) is 8.64. The van der Waals surface area contributed by atoms with Crippen LogP contribution in [0.15, 0.2) is 34.1 Å². The Labute approximate surface area is 114 Å². The summed E-state index contributed by atoms with van der Waals surface area (Å²) in [5.74, 6) is -3.91. The van der Waals surface area contributed by atoms with E-state index in [1.54, 1.807) is 0 Å². The van der Waals surface area contributed by atoms with Gasteiger partial charge in [-0.05, 0) is 12.1 Å². The lowest BCUT2D eigenvalue weighted by Crippen LogP contribution is -2.18. The molecule has 0 heterocycles. The van der Waals surface area contributed by atoms with Crippen molar-refractivity contribution in [3.63, 3.8) is 0 Å². The highest BCUT2D eigenvalue weighted by molar-refractivity contribution is 8.01. The molecule has 0 unspecified atom stereocenters. The molecule has 0 aromatic heterocycles. The number of sulfonamides is 1. The Morgan fingerprint density at radius 2 is 1.74 bits per heavy atom. The quantitative estimate of drug-likeness (QED) is 0.787. The van der Waals surface area contributed by atoms with Crippen molar-refractivity contribution in [3.8, 4) is 0 Å². The lowest BCUT2D eigenvalue weighted by Gasteiger charge is -2.09. The number of thioether (sulfide) groups is 1. The van der Waals surface area contributed by atoms with E-state index in [-0.39, 0.29) is 16.4 Å². The van der Waals surface area contributed by atoms with E-state index < -0.39 is 30.5 Å². The van der Waals surface area contributed by atoms with Crippen LogP contribution in [0.3, 0.4) is 0 Å². The number of hydrogen-bond acceptors (Lipinski definition) is 5. The zero-order chi connectivity index (χ0) is 14.7. The molecule has 5 nitrogen and oxygen atoms in total. The van der Waals surface area contributed by atoms with Gasteiger partial charge in [-0.1, -0.05) is 12.1 Å². The minimum atomic E-state index is -4.71. The molecule has 0 aliphatic rings. The van der Waals surface area contributed by atoms with Crippen LogP contribution in [0.4, 0.5) is 8.78 Å². The number of benzene rings is 1. The second kappa shape index (κ2) is 6.16. The normalized spacial score (nSPS) is 12.8. The van der Waals surface area contributed by atoms with Crippen molar-refractivity contribution >= 4 is 31.6 Å². The van der Waals surface area contributed by atoms with E-state index >= 15 is 0 Å². The van der Waals surface area contributed by atoms with Gasteiger partial charge in [-0.3, -0.25) is 0 Å². The summed E-state index contributed by atoms with van der Waals surface area (Å²) < 4.78 is 69.2.